The van der Waals surface area contributed by atoms with Gasteiger partial charge in [-0.3, -0.25) is 0 Å². The highest BCUT2D eigenvalue weighted by Crippen LogP contribution is 2.14. The number of unbranched alkanes of at least 4 members (excludes halogenated alkanes) is 12. The maximum atomic E-state index is 9.06. The predicted molar refractivity (Wildman–Crippen MR) is 95.1 cm³/mol. The minimum atomic E-state index is -0.252. The first-order chi connectivity index (χ1) is 10.7. The summed E-state index contributed by atoms with van der Waals surface area (Å²) in [5.74, 6) is 0.872. The van der Waals surface area contributed by atoms with Crippen molar-refractivity contribution < 1.29 is 10.3 Å². The molecule has 22 heavy (non-hydrogen) atoms. The van der Waals surface area contributed by atoms with Gasteiger partial charge < -0.3 is 10.3 Å². The van der Waals surface area contributed by atoms with Crippen LogP contribution in [0.4, 0.5) is 0 Å². The minimum Gasteiger partial charge on any atom is -0.379 e. The summed E-state index contributed by atoms with van der Waals surface area (Å²) < 4.78 is 0. The molecule has 0 aromatic heterocycles. The third kappa shape index (κ3) is 17.9. The molecule has 134 valence electrons. The lowest BCUT2D eigenvalue weighted by Gasteiger charge is -2.10. The Morgan fingerprint density at radius 2 is 1.00 bits per heavy atom. The van der Waals surface area contributed by atoms with Gasteiger partial charge in [-0.1, -0.05) is 97.3 Å². The molecule has 0 amide bonds. The zero-order chi connectivity index (χ0) is 16.5. The van der Waals surface area contributed by atoms with Crippen LogP contribution in [-0.2, 0) is 0 Å². The number of hydroxylamine groups is 2. The molecule has 0 atom stereocenters. The van der Waals surface area contributed by atoms with Crippen LogP contribution in [0.2, 0.25) is 0 Å². The van der Waals surface area contributed by atoms with E-state index in [1.807, 2.05) is 0 Å². The van der Waals surface area contributed by atoms with E-state index in [-0.39, 0.29) is 6.73 Å². The highest BCUT2D eigenvalue weighted by molar-refractivity contribution is 4.51. The summed E-state index contributed by atoms with van der Waals surface area (Å²) in [5, 5.41) is 18.7. The van der Waals surface area contributed by atoms with E-state index in [0.717, 1.165) is 23.8 Å². The van der Waals surface area contributed by atoms with E-state index in [9.17, 15) is 0 Å². The lowest BCUT2D eigenvalue weighted by atomic mass is 10.0. The second-order valence-corrected chi connectivity index (χ2v) is 7.15. The fourth-order valence-corrected chi connectivity index (χ4v) is 2.86. The third-order valence-corrected chi connectivity index (χ3v) is 4.36. The maximum Gasteiger partial charge on any atom is 0.118 e. The predicted octanol–water partition coefficient (Wildman–Crippen LogP) is 5.74. The van der Waals surface area contributed by atoms with E-state index in [0.29, 0.717) is 6.54 Å². The summed E-state index contributed by atoms with van der Waals surface area (Å²) in [6.45, 7) is 4.97. The van der Waals surface area contributed by atoms with E-state index >= 15 is 0 Å². The highest BCUT2D eigenvalue weighted by Gasteiger charge is 1.98. The first-order valence-corrected chi connectivity index (χ1v) is 9.71. The average Bonchev–Trinajstić information content (AvgIpc) is 2.50. The second-order valence-electron chi connectivity index (χ2n) is 7.15. The Labute approximate surface area is 139 Å². The monoisotopic (exact) mass is 315 g/mol. The normalized spacial score (nSPS) is 11.7. The van der Waals surface area contributed by atoms with E-state index in [1.54, 1.807) is 0 Å². The van der Waals surface area contributed by atoms with Crippen LogP contribution in [0.3, 0.4) is 0 Å². The van der Waals surface area contributed by atoms with Crippen molar-refractivity contribution in [2.45, 2.75) is 104 Å². The van der Waals surface area contributed by atoms with E-state index in [1.165, 1.54) is 77.0 Å². The molecule has 0 rings (SSSR count). The smallest absolute Gasteiger partial charge is 0.118 e. The summed E-state index contributed by atoms with van der Waals surface area (Å²) in [5.41, 5.74) is 0. The third-order valence-electron chi connectivity index (χ3n) is 4.36. The van der Waals surface area contributed by atoms with Gasteiger partial charge in [-0.25, -0.2) is 0 Å². The second kappa shape index (κ2) is 17.2. The lowest BCUT2D eigenvalue weighted by Crippen LogP contribution is -2.21. The first kappa shape index (κ1) is 21.9. The topological polar surface area (TPSA) is 43.7 Å². The van der Waals surface area contributed by atoms with E-state index in [4.69, 9.17) is 10.3 Å². The van der Waals surface area contributed by atoms with Crippen molar-refractivity contribution in [2.75, 3.05) is 13.3 Å². The number of aliphatic hydroxyl groups is 1. The summed E-state index contributed by atoms with van der Waals surface area (Å²) in [6, 6.07) is 0. The SMILES string of the molecule is CC(C)CCCCCCCCCCCCCCCN(O)CO. The molecule has 0 saturated heterocycles. The number of rotatable bonds is 17. The van der Waals surface area contributed by atoms with Gasteiger partial charge in [0.2, 0.25) is 0 Å². The van der Waals surface area contributed by atoms with Crippen molar-refractivity contribution in [3.05, 3.63) is 0 Å². The van der Waals surface area contributed by atoms with Gasteiger partial charge in [0.05, 0.1) is 0 Å². The largest absolute Gasteiger partial charge is 0.379 e. The van der Waals surface area contributed by atoms with E-state index < -0.39 is 0 Å². The van der Waals surface area contributed by atoms with E-state index in [2.05, 4.69) is 13.8 Å². The Kier molecular flexibility index (Phi) is 17.1. The van der Waals surface area contributed by atoms with Crippen LogP contribution in [0.25, 0.3) is 0 Å². The zero-order valence-electron chi connectivity index (χ0n) is 15.2. The summed E-state index contributed by atoms with van der Waals surface area (Å²) in [7, 11) is 0. The molecule has 3 heteroatoms. The van der Waals surface area contributed by atoms with Gasteiger partial charge >= 0.3 is 0 Å². The van der Waals surface area contributed by atoms with Crippen LogP contribution in [0.5, 0.6) is 0 Å². The van der Waals surface area contributed by atoms with Gasteiger partial charge in [-0.2, -0.15) is 5.06 Å². The molecule has 0 saturated carbocycles. The molecule has 0 aliphatic heterocycles. The van der Waals surface area contributed by atoms with Crippen molar-refractivity contribution in [3.63, 3.8) is 0 Å². The van der Waals surface area contributed by atoms with Gasteiger partial charge in [0.15, 0.2) is 0 Å². The van der Waals surface area contributed by atoms with Gasteiger partial charge in [0.25, 0.3) is 0 Å². The van der Waals surface area contributed by atoms with Crippen LogP contribution in [0.15, 0.2) is 0 Å². The molecule has 0 unspecified atom stereocenters. The first-order valence-electron chi connectivity index (χ1n) is 9.71. The van der Waals surface area contributed by atoms with Crippen LogP contribution in [-0.4, -0.2) is 28.7 Å². The number of nitrogens with zero attached hydrogens (tertiary/aromatic N) is 1. The van der Waals surface area contributed by atoms with Crippen molar-refractivity contribution >= 4 is 0 Å². The average molecular weight is 316 g/mol. The highest BCUT2D eigenvalue weighted by atomic mass is 16.5. The Hall–Kier alpha value is -0.120. The standard InChI is InChI=1S/C19H41NO2/c1-19(2)16-14-12-10-8-6-4-3-5-7-9-11-13-15-17-20(22)18-21/h19,21-22H,3-18H2,1-2H3. The lowest BCUT2D eigenvalue weighted by molar-refractivity contribution is -0.142. The maximum absolute atomic E-state index is 9.06. The van der Waals surface area contributed by atoms with Crippen LogP contribution < -0.4 is 0 Å². The molecule has 0 fully saturated rings. The van der Waals surface area contributed by atoms with Crippen LogP contribution in [0, 0.1) is 5.92 Å². The van der Waals surface area contributed by atoms with Gasteiger partial charge in [0.1, 0.15) is 6.73 Å². The van der Waals surface area contributed by atoms with Gasteiger partial charge in [-0.05, 0) is 12.3 Å². The molecule has 0 aromatic carbocycles. The van der Waals surface area contributed by atoms with Crippen molar-refractivity contribution in [1.29, 1.82) is 0 Å². The molecule has 0 aliphatic carbocycles. The number of hydrogen-bond donors (Lipinski definition) is 2. The molecule has 0 aliphatic rings. The molecule has 3 nitrogen and oxygen atoms in total. The minimum absolute atomic E-state index is 0.252. The zero-order valence-corrected chi connectivity index (χ0v) is 15.2. The molecular formula is C19H41NO2. The van der Waals surface area contributed by atoms with Crippen LogP contribution in [0.1, 0.15) is 104 Å². The van der Waals surface area contributed by atoms with Gasteiger partial charge in [0, 0.05) is 6.54 Å². The van der Waals surface area contributed by atoms with Gasteiger partial charge in [-0.15, -0.1) is 0 Å². The summed E-state index contributed by atoms with van der Waals surface area (Å²) in [6.07, 6.45) is 18.8. The Bertz CT molecular complexity index is 210. The molecule has 2 N–H and O–H groups in total. The van der Waals surface area contributed by atoms with Crippen LogP contribution >= 0.6 is 0 Å². The number of hydrogen-bond acceptors (Lipinski definition) is 3. The Balaban J connectivity index is 3.00. The summed E-state index contributed by atoms with van der Waals surface area (Å²) >= 11 is 0. The quantitative estimate of drug-likeness (QED) is 0.204. The molecule has 0 spiro atoms. The molecule has 0 bridgehead atoms. The summed E-state index contributed by atoms with van der Waals surface area (Å²) in [4.78, 5) is 0. The van der Waals surface area contributed by atoms with Crippen molar-refractivity contribution in [2.24, 2.45) is 5.92 Å². The fourth-order valence-electron chi connectivity index (χ4n) is 2.86. The molecule has 0 heterocycles. The van der Waals surface area contributed by atoms with Crippen molar-refractivity contribution in [3.8, 4) is 0 Å². The fraction of sp³-hybridized carbons (Fsp3) is 1.00. The molecule has 0 radical (unpaired) electrons. The number of aliphatic hydroxyl groups excluding tert-OH is 1. The molecule has 0 aromatic rings. The Morgan fingerprint density at radius 3 is 1.36 bits per heavy atom. The van der Waals surface area contributed by atoms with Crippen molar-refractivity contribution in [1.82, 2.24) is 5.06 Å². The molecular weight excluding hydrogens is 274 g/mol. The Morgan fingerprint density at radius 1 is 0.636 bits per heavy atom.